The van der Waals surface area contributed by atoms with Gasteiger partial charge in [0.05, 0.1) is 0 Å². The third-order valence-electron chi connectivity index (χ3n) is 4.24. The van der Waals surface area contributed by atoms with Crippen molar-refractivity contribution in [2.75, 3.05) is 0 Å². The highest BCUT2D eigenvalue weighted by molar-refractivity contribution is 5.97. The van der Waals surface area contributed by atoms with E-state index in [-0.39, 0.29) is 11.9 Å². The number of nitrogens with zero attached hydrogens (tertiary/aromatic N) is 3. The minimum Gasteiger partial charge on any atom is -0.472 e. The predicted molar refractivity (Wildman–Crippen MR) is 80.3 cm³/mol. The van der Waals surface area contributed by atoms with Crippen molar-refractivity contribution in [3.8, 4) is 5.88 Å². The highest BCUT2D eigenvalue weighted by Crippen LogP contribution is 2.35. The lowest BCUT2D eigenvalue weighted by Crippen LogP contribution is -2.37. The van der Waals surface area contributed by atoms with Crippen molar-refractivity contribution in [2.45, 2.75) is 46.1 Å². The second kappa shape index (κ2) is 6.74. The van der Waals surface area contributed by atoms with Crippen LogP contribution in [-0.2, 0) is 0 Å². The zero-order chi connectivity index (χ0) is 15.4. The molecule has 3 N–H and O–H groups in total. The van der Waals surface area contributed by atoms with Crippen LogP contribution in [0.4, 0.5) is 0 Å². The molecule has 3 unspecified atom stereocenters. The van der Waals surface area contributed by atoms with Crippen LogP contribution in [0, 0.1) is 17.8 Å². The molecule has 1 aromatic rings. The third kappa shape index (κ3) is 3.62. The van der Waals surface area contributed by atoms with Gasteiger partial charge in [-0.15, -0.1) is 0 Å². The molecule has 0 aliphatic heterocycles. The van der Waals surface area contributed by atoms with Crippen LogP contribution in [0.5, 0.6) is 5.88 Å². The largest absolute Gasteiger partial charge is 0.472 e. The van der Waals surface area contributed by atoms with E-state index in [1.807, 2.05) is 0 Å². The molecule has 0 bridgehead atoms. The van der Waals surface area contributed by atoms with Gasteiger partial charge in [0.2, 0.25) is 5.88 Å². The lowest BCUT2D eigenvalue weighted by molar-refractivity contribution is 0.0421. The minimum atomic E-state index is -0.0805. The first-order valence-corrected chi connectivity index (χ1v) is 7.48. The molecular formula is C15H24N4O2. The molecule has 21 heavy (non-hydrogen) atoms. The summed E-state index contributed by atoms with van der Waals surface area (Å²) < 4.78 is 6.11. The number of oxime groups is 1. The predicted octanol–water partition coefficient (Wildman–Crippen LogP) is 2.41. The SMILES string of the molecule is CC1CCC(C(C)C)C(Oc2nccnc2C(N)=NO)C1. The van der Waals surface area contributed by atoms with E-state index in [0.717, 1.165) is 12.8 Å². The number of hydrogen-bond donors (Lipinski definition) is 2. The van der Waals surface area contributed by atoms with Crippen LogP contribution in [0.25, 0.3) is 0 Å². The van der Waals surface area contributed by atoms with Gasteiger partial charge < -0.3 is 15.7 Å². The van der Waals surface area contributed by atoms with Crippen molar-refractivity contribution in [1.29, 1.82) is 0 Å². The molecule has 0 spiro atoms. The Morgan fingerprint density at radius 1 is 1.38 bits per heavy atom. The van der Waals surface area contributed by atoms with E-state index in [1.165, 1.54) is 12.6 Å². The average Bonchev–Trinajstić information content (AvgIpc) is 2.47. The number of hydrogen-bond acceptors (Lipinski definition) is 5. The third-order valence-corrected chi connectivity index (χ3v) is 4.24. The molecule has 1 aliphatic carbocycles. The number of aromatic nitrogens is 2. The van der Waals surface area contributed by atoms with Crippen LogP contribution >= 0.6 is 0 Å². The highest BCUT2D eigenvalue weighted by atomic mass is 16.5. The summed E-state index contributed by atoms with van der Waals surface area (Å²) in [6.07, 6.45) is 6.54. The van der Waals surface area contributed by atoms with Gasteiger partial charge in [0, 0.05) is 12.4 Å². The number of nitrogens with two attached hydrogens (primary N) is 1. The van der Waals surface area contributed by atoms with E-state index in [4.69, 9.17) is 15.7 Å². The van der Waals surface area contributed by atoms with Crippen LogP contribution in [-0.4, -0.2) is 27.1 Å². The van der Waals surface area contributed by atoms with Gasteiger partial charge in [-0.25, -0.2) is 9.97 Å². The second-order valence-corrected chi connectivity index (χ2v) is 6.18. The van der Waals surface area contributed by atoms with Crippen molar-refractivity contribution >= 4 is 5.84 Å². The molecule has 0 radical (unpaired) electrons. The fourth-order valence-corrected chi connectivity index (χ4v) is 3.03. The van der Waals surface area contributed by atoms with E-state index < -0.39 is 0 Å². The van der Waals surface area contributed by atoms with Crippen LogP contribution in [0.15, 0.2) is 17.5 Å². The fraction of sp³-hybridized carbons (Fsp3) is 0.667. The van der Waals surface area contributed by atoms with Crippen molar-refractivity contribution in [3.05, 3.63) is 18.1 Å². The fourth-order valence-electron chi connectivity index (χ4n) is 3.03. The summed E-state index contributed by atoms with van der Waals surface area (Å²) in [5.74, 6) is 1.93. The standard InChI is InChI=1S/C15H24N4O2/c1-9(2)11-5-4-10(3)8-12(11)21-15-13(14(16)19-20)17-6-7-18-15/h6-7,9-12,20H,4-5,8H2,1-3H3,(H2,16,19). The summed E-state index contributed by atoms with van der Waals surface area (Å²) in [6, 6.07) is 0. The first-order valence-electron chi connectivity index (χ1n) is 7.48. The average molecular weight is 292 g/mol. The van der Waals surface area contributed by atoms with Gasteiger partial charge in [-0.05, 0) is 30.6 Å². The van der Waals surface area contributed by atoms with E-state index in [2.05, 4.69) is 35.9 Å². The summed E-state index contributed by atoms with van der Waals surface area (Å²) in [5.41, 5.74) is 5.93. The molecule has 1 aliphatic rings. The molecule has 2 rings (SSSR count). The molecule has 0 aromatic carbocycles. The maximum atomic E-state index is 8.84. The first-order chi connectivity index (χ1) is 10.0. The van der Waals surface area contributed by atoms with E-state index in [0.29, 0.717) is 29.3 Å². The Bertz CT molecular complexity index is 504. The lowest BCUT2D eigenvalue weighted by atomic mass is 9.75. The number of rotatable bonds is 4. The van der Waals surface area contributed by atoms with Gasteiger partial charge in [-0.1, -0.05) is 32.3 Å². The zero-order valence-electron chi connectivity index (χ0n) is 12.9. The molecule has 0 amide bonds. The van der Waals surface area contributed by atoms with Crippen molar-refractivity contribution in [2.24, 2.45) is 28.6 Å². The van der Waals surface area contributed by atoms with Crippen LogP contribution in [0.1, 0.15) is 45.7 Å². The molecule has 3 atom stereocenters. The molecule has 1 saturated carbocycles. The molecular weight excluding hydrogens is 268 g/mol. The summed E-state index contributed by atoms with van der Waals surface area (Å²) in [7, 11) is 0. The van der Waals surface area contributed by atoms with Gasteiger partial charge in [-0.2, -0.15) is 0 Å². The van der Waals surface area contributed by atoms with Gasteiger partial charge in [0.25, 0.3) is 0 Å². The first kappa shape index (κ1) is 15.5. The van der Waals surface area contributed by atoms with Crippen molar-refractivity contribution in [1.82, 2.24) is 9.97 Å². The highest BCUT2D eigenvalue weighted by Gasteiger charge is 2.33. The van der Waals surface area contributed by atoms with Crippen LogP contribution < -0.4 is 10.5 Å². The summed E-state index contributed by atoms with van der Waals surface area (Å²) in [5, 5.41) is 11.8. The van der Waals surface area contributed by atoms with Gasteiger partial charge in [-0.3, -0.25) is 0 Å². The Morgan fingerprint density at radius 3 is 2.76 bits per heavy atom. The Morgan fingerprint density at radius 2 is 2.10 bits per heavy atom. The maximum absolute atomic E-state index is 8.84. The summed E-state index contributed by atoms with van der Waals surface area (Å²) in [6.45, 7) is 6.68. The molecule has 116 valence electrons. The van der Waals surface area contributed by atoms with Crippen LogP contribution in [0.2, 0.25) is 0 Å². The normalized spacial score (nSPS) is 26.9. The quantitative estimate of drug-likeness (QED) is 0.385. The van der Waals surface area contributed by atoms with Crippen molar-refractivity contribution < 1.29 is 9.94 Å². The number of amidine groups is 1. The van der Waals surface area contributed by atoms with Gasteiger partial charge in [0.1, 0.15) is 6.10 Å². The zero-order valence-corrected chi connectivity index (χ0v) is 12.9. The molecule has 6 heteroatoms. The van der Waals surface area contributed by atoms with Gasteiger partial charge in [0.15, 0.2) is 11.5 Å². The molecule has 6 nitrogen and oxygen atoms in total. The maximum Gasteiger partial charge on any atom is 0.244 e. The Hall–Kier alpha value is -1.85. The lowest BCUT2D eigenvalue weighted by Gasteiger charge is -2.37. The second-order valence-electron chi connectivity index (χ2n) is 6.18. The smallest absolute Gasteiger partial charge is 0.244 e. The van der Waals surface area contributed by atoms with E-state index >= 15 is 0 Å². The Balaban J connectivity index is 2.23. The van der Waals surface area contributed by atoms with Gasteiger partial charge >= 0.3 is 0 Å². The Kier molecular flexibility index (Phi) is 4.98. The topological polar surface area (TPSA) is 93.6 Å². The number of ether oxygens (including phenoxy) is 1. The van der Waals surface area contributed by atoms with Crippen LogP contribution in [0.3, 0.4) is 0 Å². The van der Waals surface area contributed by atoms with E-state index in [9.17, 15) is 0 Å². The Labute approximate surface area is 125 Å². The van der Waals surface area contributed by atoms with E-state index in [1.54, 1.807) is 6.20 Å². The monoisotopic (exact) mass is 292 g/mol. The summed E-state index contributed by atoms with van der Waals surface area (Å²) >= 11 is 0. The molecule has 1 fully saturated rings. The minimum absolute atomic E-state index is 0.0805. The molecule has 1 heterocycles. The molecule has 1 aromatic heterocycles. The summed E-state index contributed by atoms with van der Waals surface area (Å²) in [4.78, 5) is 8.30. The molecule has 0 saturated heterocycles. The van der Waals surface area contributed by atoms with Crippen molar-refractivity contribution in [3.63, 3.8) is 0 Å².